The monoisotopic (exact) mass is 299 g/mol. The third-order valence-corrected chi connectivity index (χ3v) is 4.42. The number of rotatable bonds is 6. The highest BCUT2D eigenvalue weighted by Crippen LogP contribution is 2.20. The largest absolute Gasteiger partial charge is 0.341 e. The number of aryl methyl sites for hydroxylation is 1. The molecule has 2 heterocycles. The van der Waals surface area contributed by atoms with Gasteiger partial charge in [-0.1, -0.05) is 19.1 Å². The van der Waals surface area contributed by atoms with Gasteiger partial charge in [-0.05, 0) is 43.0 Å². The Hall–Kier alpha value is -1.65. The first-order chi connectivity index (χ1) is 10.3. The molecule has 3 aromatic rings. The maximum atomic E-state index is 4.56. The molecule has 0 saturated heterocycles. The molecule has 1 aromatic carbocycles. The third kappa shape index (κ3) is 3.34. The van der Waals surface area contributed by atoms with Gasteiger partial charge in [0.2, 0.25) is 0 Å². The van der Waals surface area contributed by atoms with Crippen molar-refractivity contribution in [2.24, 2.45) is 0 Å². The fourth-order valence-electron chi connectivity index (χ4n) is 2.54. The van der Waals surface area contributed by atoms with Crippen LogP contribution in [-0.2, 0) is 13.1 Å². The van der Waals surface area contributed by atoms with E-state index in [1.807, 2.05) is 0 Å². The molecule has 21 heavy (non-hydrogen) atoms. The van der Waals surface area contributed by atoms with Crippen molar-refractivity contribution in [3.05, 3.63) is 52.1 Å². The maximum absolute atomic E-state index is 4.56. The second-order valence-corrected chi connectivity index (χ2v) is 6.43. The molecule has 0 fully saturated rings. The maximum Gasteiger partial charge on any atom is 0.0898 e. The van der Waals surface area contributed by atoms with Crippen molar-refractivity contribution in [3.8, 4) is 0 Å². The minimum absolute atomic E-state index is 0.847. The SMILES string of the molecule is CCCNCc1ccc2ccn(Cc3csc(C)n3)c2c1. The number of nitrogens with one attached hydrogen (secondary N) is 1. The van der Waals surface area contributed by atoms with Crippen LogP contribution in [-0.4, -0.2) is 16.1 Å². The second kappa shape index (κ2) is 6.41. The number of hydrogen-bond donors (Lipinski definition) is 1. The van der Waals surface area contributed by atoms with E-state index in [4.69, 9.17) is 0 Å². The fraction of sp³-hybridized carbons (Fsp3) is 0.353. The molecule has 0 aliphatic rings. The summed E-state index contributed by atoms with van der Waals surface area (Å²) in [5.41, 5.74) is 3.77. The molecule has 0 saturated carbocycles. The summed E-state index contributed by atoms with van der Waals surface area (Å²) in [7, 11) is 0. The lowest BCUT2D eigenvalue weighted by Gasteiger charge is -2.07. The molecular weight excluding hydrogens is 278 g/mol. The zero-order valence-electron chi connectivity index (χ0n) is 12.6. The standard InChI is InChI=1S/C17H21N3S/c1-3-7-18-10-14-4-5-15-6-8-20(17(15)9-14)11-16-12-21-13(2)19-16/h4-6,8-9,12,18H,3,7,10-11H2,1-2H3. The summed E-state index contributed by atoms with van der Waals surface area (Å²) < 4.78 is 2.28. The van der Waals surface area contributed by atoms with Gasteiger partial charge in [0.05, 0.1) is 17.2 Å². The van der Waals surface area contributed by atoms with E-state index in [0.29, 0.717) is 0 Å². The van der Waals surface area contributed by atoms with E-state index < -0.39 is 0 Å². The molecule has 0 unspecified atom stereocenters. The molecule has 1 N–H and O–H groups in total. The number of nitrogens with zero attached hydrogens (tertiary/aromatic N) is 2. The highest BCUT2D eigenvalue weighted by molar-refractivity contribution is 7.09. The first-order valence-corrected chi connectivity index (χ1v) is 8.33. The van der Waals surface area contributed by atoms with Crippen molar-refractivity contribution in [3.63, 3.8) is 0 Å². The molecule has 3 nitrogen and oxygen atoms in total. The molecule has 0 spiro atoms. The Bertz CT molecular complexity index is 727. The van der Waals surface area contributed by atoms with E-state index in [9.17, 15) is 0 Å². The number of fused-ring (bicyclic) bond motifs is 1. The number of benzene rings is 1. The lowest BCUT2D eigenvalue weighted by molar-refractivity contribution is 0.675. The van der Waals surface area contributed by atoms with Crippen molar-refractivity contribution in [1.29, 1.82) is 0 Å². The quantitative estimate of drug-likeness (QED) is 0.698. The zero-order chi connectivity index (χ0) is 14.7. The highest BCUT2D eigenvalue weighted by atomic mass is 32.1. The Morgan fingerprint density at radius 1 is 1.29 bits per heavy atom. The summed E-state index contributed by atoms with van der Waals surface area (Å²) in [5, 5.41) is 8.03. The van der Waals surface area contributed by atoms with E-state index in [2.05, 4.69) is 64.6 Å². The Labute approximate surface area is 129 Å². The first-order valence-electron chi connectivity index (χ1n) is 7.46. The molecule has 0 aliphatic heterocycles. The normalized spacial score (nSPS) is 11.3. The van der Waals surface area contributed by atoms with E-state index in [-0.39, 0.29) is 0 Å². The second-order valence-electron chi connectivity index (χ2n) is 5.37. The fourth-order valence-corrected chi connectivity index (χ4v) is 3.15. The van der Waals surface area contributed by atoms with Crippen molar-refractivity contribution >= 4 is 22.2 Å². The van der Waals surface area contributed by atoms with Crippen LogP contribution >= 0.6 is 11.3 Å². The van der Waals surface area contributed by atoms with Gasteiger partial charge in [0.15, 0.2) is 0 Å². The highest BCUT2D eigenvalue weighted by Gasteiger charge is 2.05. The summed E-state index contributed by atoms with van der Waals surface area (Å²) in [6.07, 6.45) is 3.32. The molecule has 4 heteroatoms. The minimum atomic E-state index is 0.847. The van der Waals surface area contributed by atoms with Crippen LogP contribution in [0, 0.1) is 6.92 Å². The lowest BCUT2D eigenvalue weighted by atomic mass is 10.1. The van der Waals surface area contributed by atoms with Crippen molar-refractivity contribution in [2.45, 2.75) is 33.4 Å². The molecule has 0 radical (unpaired) electrons. The van der Waals surface area contributed by atoms with E-state index >= 15 is 0 Å². The Morgan fingerprint density at radius 3 is 2.95 bits per heavy atom. The molecule has 110 valence electrons. The molecule has 2 aromatic heterocycles. The van der Waals surface area contributed by atoms with Gasteiger partial charge in [0.25, 0.3) is 0 Å². The average molecular weight is 299 g/mol. The summed E-state index contributed by atoms with van der Waals surface area (Å²) in [6.45, 7) is 7.10. The Balaban J connectivity index is 1.83. The van der Waals surface area contributed by atoms with Crippen LogP contribution in [0.5, 0.6) is 0 Å². The molecule has 3 rings (SSSR count). The number of aromatic nitrogens is 2. The first kappa shape index (κ1) is 14.3. The van der Waals surface area contributed by atoms with Crippen LogP contribution in [0.25, 0.3) is 10.9 Å². The Morgan fingerprint density at radius 2 is 2.19 bits per heavy atom. The summed E-state index contributed by atoms with van der Waals surface area (Å²) in [4.78, 5) is 4.56. The van der Waals surface area contributed by atoms with Crippen LogP contribution in [0.2, 0.25) is 0 Å². The van der Waals surface area contributed by atoms with Crippen LogP contribution in [0.1, 0.15) is 29.6 Å². The van der Waals surface area contributed by atoms with Gasteiger partial charge in [0.1, 0.15) is 0 Å². The smallest absolute Gasteiger partial charge is 0.0898 e. The lowest BCUT2D eigenvalue weighted by Crippen LogP contribution is -2.13. The van der Waals surface area contributed by atoms with Gasteiger partial charge >= 0.3 is 0 Å². The van der Waals surface area contributed by atoms with Gasteiger partial charge in [-0.3, -0.25) is 0 Å². The average Bonchev–Trinajstić information content (AvgIpc) is 3.07. The summed E-state index contributed by atoms with van der Waals surface area (Å²) in [5.74, 6) is 0. The van der Waals surface area contributed by atoms with Gasteiger partial charge < -0.3 is 9.88 Å². The number of thiazole rings is 1. The molecule has 0 bridgehead atoms. The topological polar surface area (TPSA) is 29.9 Å². The predicted octanol–water partition coefficient (Wildman–Crippen LogP) is 3.95. The van der Waals surface area contributed by atoms with Gasteiger partial charge in [0, 0.05) is 23.6 Å². The van der Waals surface area contributed by atoms with Crippen LogP contribution < -0.4 is 5.32 Å². The van der Waals surface area contributed by atoms with Gasteiger partial charge in [-0.2, -0.15) is 0 Å². The number of hydrogen-bond acceptors (Lipinski definition) is 3. The molecular formula is C17H21N3S. The van der Waals surface area contributed by atoms with Gasteiger partial charge in [-0.15, -0.1) is 11.3 Å². The van der Waals surface area contributed by atoms with Gasteiger partial charge in [-0.25, -0.2) is 4.98 Å². The third-order valence-electron chi connectivity index (χ3n) is 3.59. The van der Waals surface area contributed by atoms with Crippen molar-refractivity contribution < 1.29 is 0 Å². The van der Waals surface area contributed by atoms with E-state index in [0.717, 1.165) is 30.3 Å². The zero-order valence-corrected chi connectivity index (χ0v) is 13.4. The van der Waals surface area contributed by atoms with E-state index in [1.165, 1.54) is 22.9 Å². The molecule has 0 atom stereocenters. The van der Waals surface area contributed by atoms with Crippen LogP contribution in [0.15, 0.2) is 35.8 Å². The van der Waals surface area contributed by atoms with Crippen LogP contribution in [0.4, 0.5) is 0 Å². The summed E-state index contributed by atoms with van der Waals surface area (Å²) >= 11 is 1.71. The van der Waals surface area contributed by atoms with Crippen LogP contribution in [0.3, 0.4) is 0 Å². The molecule has 0 amide bonds. The van der Waals surface area contributed by atoms with E-state index in [1.54, 1.807) is 11.3 Å². The molecule has 0 aliphatic carbocycles. The van der Waals surface area contributed by atoms with Crippen molar-refractivity contribution in [1.82, 2.24) is 14.9 Å². The summed E-state index contributed by atoms with van der Waals surface area (Å²) in [6, 6.07) is 8.89. The predicted molar refractivity (Wildman–Crippen MR) is 89.9 cm³/mol. The van der Waals surface area contributed by atoms with Crippen molar-refractivity contribution in [2.75, 3.05) is 6.54 Å². The minimum Gasteiger partial charge on any atom is -0.341 e. The Kier molecular flexibility index (Phi) is 4.36.